The molecule has 2 heteroatoms. The summed E-state index contributed by atoms with van der Waals surface area (Å²) in [5.41, 5.74) is 2.43. The molecule has 1 aromatic carbocycles. The van der Waals surface area contributed by atoms with E-state index in [0.29, 0.717) is 0 Å². The first kappa shape index (κ1) is 10.1. The molecule has 80 valence electrons. The van der Waals surface area contributed by atoms with E-state index in [1.54, 1.807) is 0 Å². The van der Waals surface area contributed by atoms with Crippen molar-refractivity contribution in [2.24, 2.45) is 0 Å². The summed E-state index contributed by atoms with van der Waals surface area (Å²) in [6.45, 7) is 5.05. The molecule has 0 unspecified atom stereocenters. The smallest absolute Gasteiger partial charge is 0.128 e. The molecule has 2 rings (SSSR count). The van der Waals surface area contributed by atoms with Crippen LogP contribution >= 0.6 is 0 Å². The fourth-order valence-corrected chi connectivity index (χ4v) is 1.71. The fraction of sp³-hybridized carbons (Fsp3) is 0.385. The number of nitrogens with one attached hydrogen (secondary N) is 1. The highest BCUT2D eigenvalue weighted by Gasteiger charge is 2.04. The minimum atomic E-state index is 0.783. The molecule has 0 fully saturated rings. The van der Waals surface area contributed by atoms with Crippen LogP contribution in [0.25, 0.3) is 10.9 Å². The molecule has 2 nitrogen and oxygen atoms in total. The third kappa shape index (κ3) is 1.99. The molecule has 0 aliphatic heterocycles. The fourth-order valence-electron chi connectivity index (χ4n) is 1.71. The Labute approximate surface area is 90.3 Å². The van der Waals surface area contributed by atoms with E-state index < -0.39 is 0 Å². The number of aryl methyl sites for hydroxylation is 1. The van der Waals surface area contributed by atoms with E-state index in [1.165, 1.54) is 16.6 Å². The van der Waals surface area contributed by atoms with E-state index in [1.807, 2.05) is 12.1 Å². The van der Waals surface area contributed by atoms with Crippen molar-refractivity contribution < 1.29 is 4.74 Å². The van der Waals surface area contributed by atoms with Crippen LogP contribution in [-0.2, 0) is 6.42 Å². The van der Waals surface area contributed by atoms with Crippen LogP contribution in [0.3, 0.4) is 0 Å². The third-order valence-corrected chi connectivity index (χ3v) is 2.52. The van der Waals surface area contributed by atoms with Crippen LogP contribution in [0.5, 0.6) is 5.75 Å². The number of benzene rings is 1. The first-order chi connectivity index (χ1) is 7.35. The minimum absolute atomic E-state index is 0.783. The number of aromatic nitrogens is 1. The van der Waals surface area contributed by atoms with Crippen LogP contribution in [0, 0.1) is 0 Å². The third-order valence-electron chi connectivity index (χ3n) is 2.52. The highest BCUT2D eigenvalue weighted by molar-refractivity contribution is 5.86. The first-order valence-corrected chi connectivity index (χ1v) is 5.58. The molecule has 0 aliphatic carbocycles. The van der Waals surface area contributed by atoms with Crippen LogP contribution in [0.1, 0.15) is 26.0 Å². The number of fused-ring (bicyclic) bond motifs is 1. The molecule has 0 saturated carbocycles. The van der Waals surface area contributed by atoms with E-state index in [2.05, 4.69) is 31.0 Å². The zero-order valence-electron chi connectivity index (χ0n) is 9.34. The van der Waals surface area contributed by atoms with E-state index in [-0.39, 0.29) is 0 Å². The zero-order valence-corrected chi connectivity index (χ0v) is 9.34. The van der Waals surface area contributed by atoms with Gasteiger partial charge in [0.15, 0.2) is 0 Å². The summed E-state index contributed by atoms with van der Waals surface area (Å²) in [7, 11) is 0. The van der Waals surface area contributed by atoms with Crippen molar-refractivity contribution in [3.63, 3.8) is 0 Å². The molecule has 0 saturated heterocycles. The van der Waals surface area contributed by atoms with Gasteiger partial charge in [-0.15, -0.1) is 0 Å². The zero-order chi connectivity index (χ0) is 10.7. The van der Waals surface area contributed by atoms with Gasteiger partial charge in [0.1, 0.15) is 5.75 Å². The Morgan fingerprint density at radius 1 is 1.27 bits per heavy atom. The number of H-pyrrole nitrogens is 1. The molecule has 15 heavy (non-hydrogen) atoms. The lowest BCUT2D eigenvalue weighted by Gasteiger charge is -2.04. The first-order valence-electron chi connectivity index (χ1n) is 5.58. The Morgan fingerprint density at radius 2 is 2.13 bits per heavy atom. The minimum Gasteiger partial charge on any atom is -0.493 e. The van der Waals surface area contributed by atoms with Gasteiger partial charge in [-0.2, -0.15) is 0 Å². The van der Waals surface area contributed by atoms with Crippen LogP contribution in [0.15, 0.2) is 24.3 Å². The highest BCUT2D eigenvalue weighted by Crippen LogP contribution is 2.26. The van der Waals surface area contributed by atoms with Gasteiger partial charge in [0.25, 0.3) is 0 Å². The maximum absolute atomic E-state index is 5.71. The molecular weight excluding hydrogens is 186 g/mol. The second-order valence-corrected chi connectivity index (χ2v) is 3.71. The van der Waals surface area contributed by atoms with E-state index in [4.69, 9.17) is 4.74 Å². The number of ether oxygens (including phenoxy) is 1. The van der Waals surface area contributed by atoms with Gasteiger partial charge >= 0.3 is 0 Å². The van der Waals surface area contributed by atoms with Crippen molar-refractivity contribution in [2.45, 2.75) is 26.7 Å². The van der Waals surface area contributed by atoms with Gasteiger partial charge in [-0.1, -0.05) is 19.9 Å². The SMILES string of the molecule is CCCOc1cccc2[nH]c(CC)cc12. The summed E-state index contributed by atoms with van der Waals surface area (Å²) in [5.74, 6) is 0.991. The summed E-state index contributed by atoms with van der Waals surface area (Å²) >= 11 is 0. The van der Waals surface area contributed by atoms with Crippen molar-refractivity contribution in [3.05, 3.63) is 30.0 Å². The van der Waals surface area contributed by atoms with Crippen LogP contribution in [0.4, 0.5) is 0 Å². The average Bonchev–Trinajstić information content (AvgIpc) is 2.69. The average molecular weight is 203 g/mol. The Kier molecular flexibility index (Phi) is 2.95. The Hall–Kier alpha value is -1.44. The van der Waals surface area contributed by atoms with Gasteiger partial charge in [-0.05, 0) is 31.0 Å². The molecule has 0 atom stereocenters. The van der Waals surface area contributed by atoms with Gasteiger partial charge in [0, 0.05) is 16.6 Å². The standard InChI is InChI=1S/C13H17NO/c1-3-8-15-13-7-5-6-12-11(13)9-10(4-2)14-12/h5-7,9,14H,3-4,8H2,1-2H3. The molecule has 0 aliphatic rings. The Balaban J connectivity index is 2.40. The molecule has 1 aromatic heterocycles. The maximum atomic E-state index is 5.71. The summed E-state index contributed by atoms with van der Waals surface area (Å²) in [4.78, 5) is 3.38. The van der Waals surface area contributed by atoms with Crippen LogP contribution in [0.2, 0.25) is 0 Å². The van der Waals surface area contributed by atoms with Crippen LogP contribution < -0.4 is 4.74 Å². The summed E-state index contributed by atoms with van der Waals surface area (Å²) < 4.78 is 5.71. The molecular formula is C13H17NO. The molecule has 0 amide bonds. The van der Waals surface area contributed by atoms with Crippen molar-refractivity contribution in [3.8, 4) is 5.75 Å². The molecule has 1 heterocycles. The summed E-state index contributed by atoms with van der Waals surface area (Å²) in [6.07, 6.45) is 2.07. The van der Waals surface area contributed by atoms with Gasteiger partial charge in [-0.25, -0.2) is 0 Å². The topological polar surface area (TPSA) is 25.0 Å². The number of hydrogen-bond donors (Lipinski definition) is 1. The normalized spacial score (nSPS) is 10.8. The van der Waals surface area contributed by atoms with Crippen molar-refractivity contribution in [1.29, 1.82) is 0 Å². The van der Waals surface area contributed by atoms with Crippen molar-refractivity contribution in [2.75, 3.05) is 6.61 Å². The molecule has 0 bridgehead atoms. The lowest BCUT2D eigenvalue weighted by Crippen LogP contribution is -1.94. The van der Waals surface area contributed by atoms with Gasteiger partial charge in [-0.3, -0.25) is 0 Å². The Morgan fingerprint density at radius 3 is 2.87 bits per heavy atom. The number of aromatic amines is 1. The van der Waals surface area contributed by atoms with Crippen molar-refractivity contribution in [1.82, 2.24) is 4.98 Å². The second-order valence-electron chi connectivity index (χ2n) is 3.71. The van der Waals surface area contributed by atoms with E-state index in [9.17, 15) is 0 Å². The molecule has 0 radical (unpaired) electrons. The quantitative estimate of drug-likeness (QED) is 0.808. The Bertz CT molecular complexity index is 445. The van der Waals surface area contributed by atoms with Gasteiger partial charge in [0.05, 0.1) is 6.61 Å². The summed E-state index contributed by atoms with van der Waals surface area (Å²) in [6, 6.07) is 8.34. The molecule has 1 N–H and O–H groups in total. The largest absolute Gasteiger partial charge is 0.493 e. The second kappa shape index (κ2) is 4.39. The summed E-state index contributed by atoms with van der Waals surface area (Å²) in [5, 5.41) is 1.20. The number of hydrogen-bond acceptors (Lipinski definition) is 1. The number of rotatable bonds is 4. The maximum Gasteiger partial charge on any atom is 0.128 e. The van der Waals surface area contributed by atoms with Gasteiger partial charge < -0.3 is 9.72 Å². The molecule has 2 aromatic rings. The van der Waals surface area contributed by atoms with Gasteiger partial charge in [0.2, 0.25) is 0 Å². The van der Waals surface area contributed by atoms with Crippen molar-refractivity contribution >= 4 is 10.9 Å². The highest BCUT2D eigenvalue weighted by atomic mass is 16.5. The predicted octanol–water partition coefficient (Wildman–Crippen LogP) is 3.52. The van der Waals surface area contributed by atoms with E-state index in [0.717, 1.165) is 25.2 Å². The van der Waals surface area contributed by atoms with Crippen LogP contribution in [-0.4, -0.2) is 11.6 Å². The molecule has 0 spiro atoms. The van der Waals surface area contributed by atoms with E-state index >= 15 is 0 Å². The monoisotopic (exact) mass is 203 g/mol. The predicted molar refractivity (Wildman–Crippen MR) is 63.5 cm³/mol. The lowest BCUT2D eigenvalue weighted by atomic mass is 10.2. The lowest BCUT2D eigenvalue weighted by molar-refractivity contribution is 0.321.